The minimum Gasteiger partial charge on any atom is -0.372 e. The molecule has 2 atom stereocenters. The van der Waals surface area contributed by atoms with Crippen LogP contribution in [-0.2, 0) is 27.5 Å². The van der Waals surface area contributed by atoms with Gasteiger partial charge in [-0.2, -0.15) is 0 Å². The summed E-state index contributed by atoms with van der Waals surface area (Å²) < 4.78 is 29.8. The highest BCUT2D eigenvalue weighted by Gasteiger charge is 2.52. The SMILES string of the molecule is CC1(C)C[C@H]([C@]2(CCc3ccc(S(C)(=O)=O)cc3)CCN(Cc3ccc(Cl)cc3)C2)O1. The number of nitrogens with zero attached hydrogens (tertiary/aromatic N) is 1. The summed E-state index contributed by atoms with van der Waals surface area (Å²) in [5.41, 5.74) is 2.57. The molecule has 0 aliphatic carbocycles. The summed E-state index contributed by atoms with van der Waals surface area (Å²) in [4.78, 5) is 2.91. The van der Waals surface area contributed by atoms with E-state index in [4.69, 9.17) is 16.3 Å². The summed E-state index contributed by atoms with van der Waals surface area (Å²) in [5, 5.41) is 0.770. The molecule has 2 aliphatic rings. The van der Waals surface area contributed by atoms with E-state index in [1.807, 2.05) is 24.3 Å². The standard InChI is InChI=1S/C25H32ClNO3S/c1-24(2)16-23(30-24)25(13-12-19-6-10-22(11-7-19)31(3,28)29)14-15-27(18-25)17-20-4-8-21(26)9-5-20/h4-11,23H,12-18H2,1-3H3/t23-,25-/m1/s1. The zero-order chi connectivity index (χ0) is 22.3. The normalized spacial score (nSPS) is 26.0. The lowest BCUT2D eigenvalue weighted by molar-refractivity contribution is -0.230. The Bertz CT molecular complexity index is 1010. The van der Waals surface area contributed by atoms with E-state index in [-0.39, 0.29) is 17.1 Å². The van der Waals surface area contributed by atoms with Crippen molar-refractivity contribution in [2.45, 2.75) is 62.7 Å². The van der Waals surface area contributed by atoms with Gasteiger partial charge < -0.3 is 4.74 Å². The van der Waals surface area contributed by atoms with E-state index in [2.05, 4.69) is 30.9 Å². The highest BCUT2D eigenvalue weighted by Crippen LogP contribution is 2.49. The molecule has 0 amide bonds. The van der Waals surface area contributed by atoms with Crippen LogP contribution in [-0.4, -0.2) is 44.4 Å². The van der Waals surface area contributed by atoms with Crippen LogP contribution in [0.25, 0.3) is 0 Å². The molecule has 168 valence electrons. The second-order valence-electron chi connectivity index (χ2n) is 9.94. The monoisotopic (exact) mass is 461 g/mol. The van der Waals surface area contributed by atoms with Gasteiger partial charge in [-0.25, -0.2) is 8.42 Å². The number of aryl methyl sites for hydroxylation is 1. The number of ether oxygens (including phenoxy) is 1. The zero-order valence-corrected chi connectivity index (χ0v) is 20.2. The van der Waals surface area contributed by atoms with Crippen LogP contribution in [0.15, 0.2) is 53.4 Å². The Morgan fingerprint density at radius 2 is 1.68 bits per heavy atom. The molecule has 0 unspecified atom stereocenters. The first-order chi connectivity index (χ1) is 14.5. The van der Waals surface area contributed by atoms with Crippen LogP contribution in [0.4, 0.5) is 0 Å². The number of halogens is 1. The number of rotatable bonds is 7. The van der Waals surface area contributed by atoms with E-state index in [1.165, 1.54) is 17.4 Å². The molecule has 2 aromatic rings. The van der Waals surface area contributed by atoms with Crippen molar-refractivity contribution in [1.29, 1.82) is 0 Å². The molecule has 2 fully saturated rings. The van der Waals surface area contributed by atoms with Crippen molar-refractivity contribution in [3.05, 3.63) is 64.7 Å². The number of benzene rings is 2. The second kappa shape index (κ2) is 8.51. The first kappa shape index (κ1) is 22.8. The van der Waals surface area contributed by atoms with E-state index in [0.29, 0.717) is 4.90 Å². The summed E-state index contributed by atoms with van der Waals surface area (Å²) in [6.45, 7) is 7.36. The Kier molecular flexibility index (Phi) is 6.25. The molecule has 0 spiro atoms. The molecular formula is C25H32ClNO3S. The van der Waals surface area contributed by atoms with Gasteiger partial charge in [-0.1, -0.05) is 35.9 Å². The van der Waals surface area contributed by atoms with Crippen LogP contribution in [0.2, 0.25) is 5.02 Å². The predicted molar refractivity (Wildman–Crippen MR) is 125 cm³/mol. The Hall–Kier alpha value is -1.40. The van der Waals surface area contributed by atoms with Crippen molar-refractivity contribution < 1.29 is 13.2 Å². The molecule has 4 rings (SSSR count). The number of sulfone groups is 1. The van der Waals surface area contributed by atoms with Gasteiger partial charge in [-0.05, 0) is 75.0 Å². The molecule has 6 heteroatoms. The van der Waals surface area contributed by atoms with Gasteiger partial charge in [0, 0.05) is 36.2 Å². The molecule has 4 nitrogen and oxygen atoms in total. The Morgan fingerprint density at radius 3 is 2.26 bits per heavy atom. The fourth-order valence-electron chi connectivity index (χ4n) is 5.06. The molecule has 0 radical (unpaired) electrons. The molecular weight excluding hydrogens is 430 g/mol. The van der Waals surface area contributed by atoms with E-state index in [1.54, 1.807) is 12.1 Å². The second-order valence-corrected chi connectivity index (χ2v) is 12.4. The minimum absolute atomic E-state index is 0.0294. The molecule has 0 N–H and O–H groups in total. The smallest absolute Gasteiger partial charge is 0.175 e. The van der Waals surface area contributed by atoms with Crippen LogP contribution >= 0.6 is 11.6 Å². The largest absolute Gasteiger partial charge is 0.372 e. The maximum absolute atomic E-state index is 11.7. The fourth-order valence-corrected chi connectivity index (χ4v) is 5.81. The molecule has 0 aromatic heterocycles. The number of hydrogen-bond acceptors (Lipinski definition) is 4. The lowest BCUT2D eigenvalue weighted by atomic mass is 9.70. The average molecular weight is 462 g/mol. The predicted octanol–water partition coefficient (Wildman–Crippen LogP) is 5.14. The first-order valence-corrected chi connectivity index (χ1v) is 13.3. The van der Waals surface area contributed by atoms with Gasteiger partial charge in [-0.3, -0.25) is 4.90 Å². The van der Waals surface area contributed by atoms with Gasteiger partial charge in [0.05, 0.1) is 16.6 Å². The summed E-state index contributed by atoms with van der Waals surface area (Å²) in [7, 11) is -3.16. The van der Waals surface area contributed by atoms with Crippen LogP contribution in [0.5, 0.6) is 0 Å². The Labute approximate surface area is 191 Å². The van der Waals surface area contributed by atoms with Gasteiger partial charge in [0.15, 0.2) is 9.84 Å². The third kappa shape index (κ3) is 5.33. The first-order valence-electron chi connectivity index (χ1n) is 11.0. The van der Waals surface area contributed by atoms with E-state index < -0.39 is 9.84 Å². The van der Waals surface area contributed by atoms with E-state index in [0.717, 1.165) is 50.3 Å². The molecule has 31 heavy (non-hydrogen) atoms. The van der Waals surface area contributed by atoms with Gasteiger partial charge in [-0.15, -0.1) is 0 Å². The molecule has 2 aromatic carbocycles. The molecule has 0 bridgehead atoms. The summed E-state index contributed by atoms with van der Waals surface area (Å²) in [6.07, 6.45) is 5.73. The highest BCUT2D eigenvalue weighted by molar-refractivity contribution is 7.90. The maximum atomic E-state index is 11.7. The summed E-state index contributed by atoms with van der Waals surface area (Å²) >= 11 is 6.04. The lowest BCUT2D eigenvalue weighted by Crippen LogP contribution is -2.55. The van der Waals surface area contributed by atoms with Crippen LogP contribution in [0, 0.1) is 5.41 Å². The quantitative estimate of drug-likeness (QED) is 0.573. The maximum Gasteiger partial charge on any atom is 0.175 e. The van der Waals surface area contributed by atoms with Gasteiger partial charge in [0.25, 0.3) is 0 Å². The lowest BCUT2D eigenvalue weighted by Gasteiger charge is -2.52. The summed E-state index contributed by atoms with van der Waals surface area (Å²) in [6, 6.07) is 15.5. The van der Waals surface area contributed by atoms with Crippen LogP contribution in [0.3, 0.4) is 0 Å². The Balaban J connectivity index is 1.45. The van der Waals surface area contributed by atoms with Crippen molar-refractivity contribution in [3.63, 3.8) is 0 Å². The van der Waals surface area contributed by atoms with Crippen molar-refractivity contribution >= 4 is 21.4 Å². The molecule has 2 saturated heterocycles. The van der Waals surface area contributed by atoms with E-state index >= 15 is 0 Å². The van der Waals surface area contributed by atoms with Gasteiger partial charge >= 0.3 is 0 Å². The zero-order valence-electron chi connectivity index (χ0n) is 18.6. The van der Waals surface area contributed by atoms with Crippen LogP contribution in [0.1, 0.15) is 44.2 Å². The third-order valence-electron chi connectivity index (χ3n) is 6.87. The number of likely N-dealkylation sites (tertiary alicyclic amines) is 1. The topological polar surface area (TPSA) is 46.6 Å². The third-order valence-corrected chi connectivity index (χ3v) is 8.25. The van der Waals surface area contributed by atoms with Gasteiger partial charge in [0.1, 0.15) is 0 Å². The summed E-state index contributed by atoms with van der Waals surface area (Å²) in [5.74, 6) is 0. The van der Waals surface area contributed by atoms with Crippen molar-refractivity contribution in [2.24, 2.45) is 5.41 Å². The molecule has 0 saturated carbocycles. The van der Waals surface area contributed by atoms with Crippen molar-refractivity contribution in [2.75, 3.05) is 19.3 Å². The molecule has 2 aliphatic heterocycles. The Morgan fingerprint density at radius 1 is 1.06 bits per heavy atom. The molecule has 2 heterocycles. The minimum atomic E-state index is -3.16. The van der Waals surface area contributed by atoms with Crippen LogP contribution < -0.4 is 0 Å². The van der Waals surface area contributed by atoms with Crippen molar-refractivity contribution in [1.82, 2.24) is 4.90 Å². The highest BCUT2D eigenvalue weighted by atomic mass is 35.5. The number of hydrogen-bond donors (Lipinski definition) is 0. The average Bonchev–Trinajstić information content (AvgIpc) is 3.10. The fraction of sp³-hybridized carbons (Fsp3) is 0.520. The van der Waals surface area contributed by atoms with Gasteiger partial charge in [0.2, 0.25) is 0 Å². The van der Waals surface area contributed by atoms with Crippen molar-refractivity contribution in [3.8, 4) is 0 Å². The van der Waals surface area contributed by atoms with E-state index in [9.17, 15) is 8.42 Å².